The fourth-order valence-electron chi connectivity index (χ4n) is 3.22. The molecule has 0 aromatic heterocycles. The van der Waals surface area contributed by atoms with Crippen molar-refractivity contribution in [2.24, 2.45) is 0 Å². The molecule has 1 N–H and O–H groups in total. The first-order chi connectivity index (χ1) is 8.22. The van der Waals surface area contributed by atoms with Crippen molar-refractivity contribution in [2.45, 2.75) is 57.6 Å². The van der Waals surface area contributed by atoms with Gasteiger partial charge in [0.1, 0.15) is 0 Å². The van der Waals surface area contributed by atoms with Crippen LogP contribution in [0.15, 0.2) is 0 Å². The maximum absolute atomic E-state index is 5.70. The van der Waals surface area contributed by atoms with Gasteiger partial charge in [0.25, 0.3) is 0 Å². The highest BCUT2D eigenvalue weighted by Crippen LogP contribution is 2.22. The third-order valence-corrected chi connectivity index (χ3v) is 4.22. The molecule has 2 aliphatic rings. The SMILES string of the molecule is CCOC1CCN(CC2(C)CCCCN2)CC1. The highest BCUT2D eigenvalue weighted by molar-refractivity contribution is 4.90. The van der Waals surface area contributed by atoms with Gasteiger partial charge in [-0.25, -0.2) is 0 Å². The van der Waals surface area contributed by atoms with Crippen LogP contribution in [0.5, 0.6) is 0 Å². The molecule has 0 amide bonds. The molecule has 2 fully saturated rings. The van der Waals surface area contributed by atoms with Crippen LogP contribution in [0.4, 0.5) is 0 Å². The molecule has 0 radical (unpaired) electrons. The quantitative estimate of drug-likeness (QED) is 0.813. The smallest absolute Gasteiger partial charge is 0.0599 e. The molecule has 2 rings (SSSR count). The summed E-state index contributed by atoms with van der Waals surface area (Å²) in [6.07, 6.45) is 7.01. The molecule has 0 saturated carbocycles. The predicted molar refractivity (Wildman–Crippen MR) is 71.3 cm³/mol. The highest BCUT2D eigenvalue weighted by Gasteiger charge is 2.30. The summed E-state index contributed by atoms with van der Waals surface area (Å²) in [6.45, 7) is 10.2. The van der Waals surface area contributed by atoms with E-state index in [1.54, 1.807) is 0 Å². The maximum atomic E-state index is 5.70. The summed E-state index contributed by atoms with van der Waals surface area (Å²) >= 11 is 0. The van der Waals surface area contributed by atoms with E-state index in [0.29, 0.717) is 11.6 Å². The standard InChI is InChI=1S/C14H28N2O/c1-3-17-13-6-10-16(11-7-13)12-14(2)8-4-5-9-15-14/h13,15H,3-12H2,1-2H3. The van der Waals surface area contributed by atoms with Crippen LogP contribution < -0.4 is 5.32 Å². The predicted octanol–water partition coefficient (Wildman–Crippen LogP) is 2.02. The van der Waals surface area contributed by atoms with E-state index in [-0.39, 0.29) is 0 Å². The van der Waals surface area contributed by atoms with Crippen LogP contribution in [-0.2, 0) is 4.74 Å². The van der Waals surface area contributed by atoms with Gasteiger partial charge in [-0.3, -0.25) is 0 Å². The van der Waals surface area contributed by atoms with E-state index in [9.17, 15) is 0 Å². The summed E-state index contributed by atoms with van der Waals surface area (Å²) in [5, 5.41) is 3.71. The average molecular weight is 240 g/mol. The third-order valence-electron chi connectivity index (χ3n) is 4.22. The summed E-state index contributed by atoms with van der Waals surface area (Å²) in [7, 11) is 0. The van der Waals surface area contributed by atoms with E-state index in [2.05, 4.69) is 24.1 Å². The number of ether oxygens (including phenoxy) is 1. The van der Waals surface area contributed by atoms with E-state index in [1.165, 1.54) is 58.3 Å². The third kappa shape index (κ3) is 3.94. The molecule has 2 saturated heterocycles. The number of piperidine rings is 2. The van der Waals surface area contributed by atoms with Crippen LogP contribution in [0, 0.1) is 0 Å². The summed E-state index contributed by atoms with van der Waals surface area (Å²) in [5.74, 6) is 0. The molecule has 0 aromatic carbocycles. The second-order valence-corrected chi connectivity index (χ2v) is 5.88. The van der Waals surface area contributed by atoms with Crippen LogP contribution in [0.1, 0.15) is 46.0 Å². The normalized spacial score (nSPS) is 32.8. The first-order valence-corrected chi connectivity index (χ1v) is 7.31. The van der Waals surface area contributed by atoms with Gasteiger partial charge in [-0.15, -0.1) is 0 Å². The number of hydrogen-bond donors (Lipinski definition) is 1. The molecule has 2 heterocycles. The van der Waals surface area contributed by atoms with Crippen LogP contribution in [0.3, 0.4) is 0 Å². The molecule has 0 spiro atoms. The van der Waals surface area contributed by atoms with Crippen LogP contribution >= 0.6 is 0 Å². The second kappa shape index (κ2) is 6.17. The maximum Gasteiger partial charge on any atom is 0.0599 e. The molecule has 1 atom stereocenters. The van der Waals surface area contributed by atoms with Gasteiger partial charge in [-0.2, -0.15) is 0 Å². The Kier molecular flexibility index (Phi) is 4.83. The Morgan fingerprint density at radius 2 is 2.06 bits per heavy atom. The van der Waals surface area contributed by atoms with Gasteiger partial charge in [0.05, 0.1) is 6.10 Å². The van der Waals surface area contributed by atoms with Crippen molar-refractivity contribution in [1.82, 2.24) is 10.2 Å². The van der Waals surface area contributed by atoms with E-state index in [4.69, 9.17) is 4.74 Å². The second-order valence-electron chi connectivity index (χ2n) is 5.88. The lowest BCUT2D eigenvalue weighted by molar-refractivity contribution is 0.00716. The Balaban J connectivity index is 1.73. The lowest BCUT2D eigenvalue weighted by Gasteiger charge is -2.41. The molecule has 2 aliphatic heterocycles. The Labute approximate surface area is 106 Å². The van der Waals surface area contributed by atoms with E-state index >= 15 is 0 Å². The van der Waals surface area contributed by atoms with E-state index < -0.39 is 0 Å². The molecule has 0 aromatic rings. The number of likely N-dealkylation sites (tertiary alicyclic amines) is 1. The van der Waals surface area contributed by atoms with Gasteiger partial charge in [-0.05, 0) is 46.1 Å². The van der Waals surface area contributed by atoms with Gasteiger partial charge in [0.2, 0.25) is 0 Å². The number of nitrogens with zero attached hydrogens (tertiary/aromatic N) is 1. The number of hydrogen-bond acceptors (Lipinski definition) is 3. The van der Waals surface area contributed by atoms with E-state index in [1.807, 2.05) is 0 Å². The zero-order chi connectivity index (χ0) is 12.1. The summed E-state index contributed by atoms with van der Waals surface area (Å²) in [6, 6.07) is 0. The minimum atomic E-state index is 0.358. The summed E-state index contributed by atoms with van der Waals surface area (Å²) < 4.78 is 5.70. The van der Waals surface area contributed by atoms with Gasteiger partial charge in [-0.1, -0.05) is 6.42 Å². The van der Waals surface area contributed by atoms with Crippen LogP contribution in [0.2, 0.25) is 0 Å². The van der Waals surface area contributed by atoms with Crippen molar-refractivity contribution >= 4 is 0 Å². The van der Waals surface area contributed by atoms with Crippen LogP contribution in [-0.4, -0.2) is 49.3 Å². The molecule has 100 valence electrons. The summed E-state index contributed by atoms with van der Waals surface area (Å²) in [4.78, 5) is 2.62. The Morgan fingerprint density at radius 3 is 2.65 bits per heavy atom. The summed E-state index contributed by atoms with van der Waals surface area (Å²) in [5.41, 5.74) is 0.358. The van der Waals surface area contributed by atoms with Crippen molar-refractivity contribution in [1.29, 1.82) is 0 Å². The number of nitrogens with one attached hydrogen (secondary N) is 1. The molecule has 1 unspecified atom stereocenters. The monoisotopic (exact) mass is 240 g/mol. The highest BCUT2D eigenvalue weighted by atomic mass is 16.5. The van der Waals surface area contributed by atoms with Gasteiger partial charge >= 0.3 is 0 Å². The minimum Gasteiger partial charge on any atom is -0.378 e. The zero-order valence-electron chi connectivity index (χ0n) is 11.5. The van der Waals surface area contributed by atoms with Crippen molar-refractivity contribution in [3.8, 4) is 0 Å². The molecule has 17 heavy (non-hydrogen) atoms. The van der Waals surface area contributed by atoms with Crippen LogP contribution in [0.25, 0.3) is 0 Å². The van der Waals surface area contributed by atoms with Crippen molar-refractivity contribution in [3.63, 3.8) is 0 Å². The first kappa shape index (κ1) is 13.3. The molecular formula is C14H28N2O. The fraction of sp³-hybridized carbons (Fsp3) is 1.00. The zero-order valence-corrected chi connectivity index (χ0v) is 11.5. The largest absolute Gasteiger partial charge is 0.378 e. The Morgan fingerprint density at radius 1 is 1.29 bits per heavy atom. The van der Waals surface area contributed by atoms with Gasteiger partial charge < -0.3 is 15.0 Å². The molecule has 0 bridgehead atoms. The molecular weight excluding hydrogens is 212 g/mol. The average Bonchev–Trinajstić information content (AvgIpc) is 2.33. The van der Waals surface area contributed by atoms with Crippen molar-refractivity contribution in [2.75, 3.05) is 32.8 Å². The minimum absolute atomic E-state index is 0.358. The topological polar surface area (TPSA) is 24.5 Å². The first-order valence-electron chi connectivity index (χ1n) is 7.31. The van der Waals surface area contributed by atoms with Gasteiger partial charge in [0, 0.05) is 31.8 Å². The lowest BCUT2D eigenvalue weighted by atomic mass is 9.89. The van der Waals surface area contributed by atoms with Gasteiger partial charge in [0.15, 0.2) is 0 Å². The molecule has 3 heteroatoms. The fourth-order valence-corrected chi connectivity index (χ4v) is 3.22. The Bertz CT molecular complexity index is 218. The lowest BCUT2D eigenvalue weighted by Crippen LogP contribution is -2.55. The van der Waals surface area contributed by atoms with Crippen molar-refractivity contribution in [3.05, 3.63) is 0 Å². The molecule has 0 aliphatic carbocycles. The molecule has 3 nitrogen and oxygen atoms in total. The van der Waals surface area contributed by atoms with E-state index in [0.717, 1.165) is 6.61 Å². The Hall–Kier alpha value is -0.120. The number of rotatable bonds is 4. The van der Waals surface area contributed by atoms with Crippen molar-refractivity contribution < 1.29 is 4.74 Å².